The molecule has 1 unspecified atom stereocenters. The van der Waals surface area contributed by atoms with Crippen LogP contribution in [0.25, 0.3) is 0 Å². The molecule has 0 heterocycles. The van der Waals surface area contributed by atoms with Crippen LogP contribution < -0.4 is 4.74 Å². The Morgan fingerprint density at radius 1 is 1.17 bits per heavy atom. The summed E-state index contributed by atoms with van der Waals surface area (Å²) in [6.07, 6.45) is -0.834. The van der Waals surface area contributed by atoms with E-state index in [2.05, 4.69) is 0 Å². The molecule has 1 aliphatic carbocycles. The number of hydrogen-bond acceptors (Lipinski definition) is 2. The van der Waals surface area contributed by atoms with Gasteiger partial charge in [-0.05, 0) is 13.8 Å². The molecule has 0 spiro atoms. The predicted molar refractivity (Wildman–Crippen MR) is 54.1 cm³/mol. The van der Waals surface area contributed by atoms with E-state index in [0.29, 0.717) is 0 Å². The van der Waals surface area contributed by atoms with Gasteiger partial charge in [-0.2, -0.15) is 8.78 Å². The summed E-state index contributed by atoms with van der Waals surface area (Å²) < 4.78 is 57.4. The van der Waals surface area contributed by atoms with Crippen molar-refractivity contribution in [3.8, 4) is 5.75 Å². The van der Waals surface area contributed by atoms with E-state index in [-0.39, 0.29) is 18.3 Å². The lowest BCUT2D eigenvalue weighted by Gasteiger charge is -2.41. The van der Waals surface area contributed by atoms with Crippen LogP contribution >= 0.6 is 0 Å². The number of halogens is 4. The number of ether oxygens (including phenoxy) is 1. The van der Waals surface area contributed by atoms with Crippen molar-refractivity contribution < 1.29 is 27.1 Å². The molecule has 1 fully saturated rings. The van der Waals surface area contributed by atoms with Gasteiger partial charge in [-0.1, -0.05) is 0 Å². The molecule has 18 heavy (non-hydrogen) atoms. The molecule has 2 nitrogen and oxygen atoms in total. The lowest BCUT2D eigenvalue weighted by molar-refractivity contribution is -0.148. The number of carbonyl (C=O) groups is 1. The molecule has 0 aromatic heterocycles. The first-order valence-corrected chi connectivity index (χ1v) is 5.28. The van der Waals surface area contributed by atoms with Gasteiger partial charge < -0.3 is 4.74 Å². The maximum atomic E-state index is 13.3. The summed E-state index contributed by atoms with van der Waals surface area (Å²) in [6.45, 7) is 3.07. The normalized spacial score (nSPS) is 21.7. The second-order valence-electron chi connectivity index (χ2n) is 4.75. The van der Waals surface area contributed by atoms with Crippen molar-refractivity contribution in [3.05, 3.63) is 29.3 Å². The molecule has 1 aliphatic rings. The van der Waals surface area contributed by atoms with E-state index in [4.69, 9.17) is 4.74 Å². The summed E-state index contributed by atoms with van der Waals surface area (Å²) in [5, 5.41) is 0. The fourth-order valence-electron chi connectivity index (χ4n) is 1.72. The third-order valence-electron chi connectivity index (χ3n) is 3.23. The minimum Gasteiger partial charge on any atom is -0.483 e. The van der Waals surface area contributed by atoms with Crippen molar-refractivity contribution in [2.75, 3.05) is 0 Å². The molecule has 0 saturated heterocycles. The van der Waals surface area contributed by atoms with Crippen molar-refractivity contribution in [2.45, 2.75) is 26.4 Å². The number of carbonyl (C=O) groups excluding carboxylic acids is 1. The summed E-state index contributed by atoms with van der Waals surface area (Å²) in [5.74, 6) is -7.50. The van der Waals surface area contributed by atoms with Crippen molar-refractivity contribution in [1.82, 2.24) is 0 Å². The Hall–Kier alpha value is -1.59. The highest BCUT2D eigenvalue weighted by Crippen LogP contribution is 2.40. The highest BCUT2D eigenvalue weighted by Gasteiger charge is 2.50. The molecule has 0 aliphatic heterocycles. The number of benzene rings is 1. The summed E-state index contributed by atoms with van der Waals surface area (Å²) in [7, 11) is 0. The topological polar surface area (TPSA) is 26.3 Å². The Bertz CT molecular complexity index is 499. The molecule has 0 radical (unpaired) electrons. The summed E-state index contributed by atoms with van der Waals surface area (Å²) in [4.78, 5) is 11.2. The average molecular weight is 262 g/mol. The van der Waals surface area contributed by atoms with E-state index < -0.39 is 40.5 Å². The van der Waals surface area contributed by atoms with Crippen LogP contribution in [0.3, 0.4) is 0 Å². The largest absolute Gasteiger partial charge is 0.483 e. The van der Waals surface area contributed by atoms with Gasteiger partial charge in [0, 0.05) is 12.5 Å². The maximum Gasteiger partial charge on any atom is 0.203 e. The molecule has 1 saturated carbocycles. The van der Waals surface area contributed by atoms with Crippen molar-refractivity contribution in [1.29, 1.82) is 0 Å². The number of rotatable bonds is 2. The zero-order valence-corrected chi connectivity index (χ0v) is 9.69. The zero-order chi connectivity index (χ0) is 13.7. The van der Waals surface area contributed by atoms with Gasteiger partial charge in [0.1, 0.15) is 11.9 Å². The quantitative estimate of drug-likeness (QED) is 0.605. The minimum atomic E-state index is -1.59. The van der Waals surface area contributed by atoms with Gasteiger partial charge in [0.05, 0.1) is 5.41 Å². The van der Waals surface area contributed by atoms with E-state index >= 15 is 0 Å². The highest BCUT2D eigenvalue weighted by molar-refractivity contribution is 5.91. The van der Waals surface area contributed by atoms with Crippen molar-refractivity contribution >= 4 is 5.78 Å². The number of hydrogen-bond donors (Lipinski definition) is 0. The fraction of sp³-hybridized carbons (Fsp3) is 0.417. The third-order valence-corrected chi connectivity index (χ3v) is 3.23. The summed E-state index contributed by atoms with van der Waals surface area (Å²) in [5.41, 5.74) is -0.915. The Balaban J connectivity index is 2.33. The van der Waals surface area contributed by atoms with Crippen LogP contribution in [0.2, 0.25) is 0 Å². The van der Waals surface area contributed by atoms with Crippen molar-refractivity contribution in [3.63, 3.8) is 0 Å². The SMILES string of the molecule is CC1(C)C(=O)CC1Oc1c(F)c(F)cc(F)c1F. The first-order chi connectivity index (χ1) is 8.25. The molecule has 1 aromatic rings. The van der Waals surface area contributed by atoms with Crippen LogP contribution in [0.15, 0.2) is 6.07 Å². The molecule has 0 N–H and O–H groups in total. The van der Waals surface area contributed by atoms with Crippen LogP contribution in [0.4, 0.5) is 17.6 Å². The Morgan fingerprint density at radius 3 is 2.06 bits per heavy atom. The van der Waals surface area contributed by atoms with Crippen LogP contribution in [0.1, 0.15) is 20.3 Å². The van der Waals surface area contributed by atoms with Gasteiger partial charge in [-0.25, -0.2) is 8.78 Å². The van der Waals surface area contributed by atoms with E-state index in [1.807, 2.05) is 0 Å². The Labute approximate surface area is 101 Å². The third kappa shape index (κ3) is 1.76. The second-order valence-corrected chi connectivity index (χ2v) is 4.75. The molecule has 98 valence electrons. The van der Waals surface area contributed by atoms with Crippen LogP contribution in [-0.4, -0.2) is 11.9 Å². The van der Waals surface area contributed by atoms with E-state index in [0.717, 1.165) is 0 Å². The van der Waals surface area contributed by atoms with Crippen LogP contribution in [0.5, 0.6) is 5.75 Å². The highest BCUT2D eigenvalue weighted by atomic mass is 19.2. The van der Waals surface area contributed by atoms with Gasteiger partial charge in [0.25, 0.3) is 0 Å². The van der Waals surface area contributed by atoms with Gasteiger partial charge in [-0.3, -0.25) is 4.79 Å². The molecule has 2 rings (SSSR count). The standard InChI is InChI=1S/C12H10F4O2/c1-12(2)7(17)4-8(12)18-11-9(15)5(13)3-6(14)10(11)16/h3,8H,4H2,1-2H3. The van der Waals surface area contributed by atoms with E-state index in [9.17, 15) is 22.4 Å². The first kappa shape index (κ1) is 12.9. The minimum absolute atomic E-state index is 0.0377. The van der Waals surface area contributed by atoms with Gasteiger partial charge >= 0.3 is 0 Å². The Morgan fingerprint density at radius 2 is 1.67 bits per heavy atom. The summed E-state index contributed by atoms with van der Waals surface area (Å²) in [6, 6.07) is 0.106. The maximum absolute atomic E-state index is 13.3. The molecular weight excluding hydrogens is 252 g/mol. The molecule has 1 atom stereocenters. The Kier molecular flexibility index (Phi) is 2.83. The molecule has 6 heteroatoms. The van der Waals surface area contributed by atoms with Crippen LogP contribution in [-0.2, 0) is 4.79 Å². The van der Waals surface area contributed by atoms with Gasteiger partial charge in [0.15, 0.2) is 17.4 Å². The smallest absolute Gasteiger partial charge is 0.203 e. The number of Topliss-reactive ketones (excluding diaryl/α,β-unsaturated/α-hetero) is 1. The molecule has 0 amide bonds. The van der Waals surface area contributed by atoms with Crippen molar-refractivity contribution in [2.24, 2.45) is 5.41 Å². The van der Waals surface area contributed by atoms with E-state index in [1.165, 1.54) is 13.8 Å². The summed E-state index contributed by atoms with van der Waals surface area (Å²) >= 11 is 0. The molecular formula is C12H10F4O2. The number of ketones is 1. The fourth-order valence-corrected chi connectivity index (χ4v) is 1.72. The average Bonchev–Trinajstić information content (AvgIpc) is 2.30. The first-order valence-electron chi connectivity index (χ1n) is 5.28. The van der Waals surface area contributed by atoms with Gasteiger partial charge in [-0.15, -0.1) is 0 Å². The predicted octanol–water partition coefficient (Wildman–Crippen LogP) is 2.99. The second kappa shape index (κ2) is 3.96. The molecule has 0 bridgehead atoms. The lowest BCUT2D eigenvalue weighted by atomic mass is 9.68. The zero-order valence-electron chi connectivity index (χ0n) is 9.69. The van der Waals surface area contributed by atoms with Crippen LogP contribution in [0, 0.1) is 28.7 Å². The molecule has 1 aromatic carbocycles. The van der Waals surface area contributed by atoms with E-state index in [1.54, 1.807) is 0 Å². The lowest BCUT2D eigenvalue weighted by Crippen LogP contribution is -2.53. The van der Waals surface area contributed by atoms with Gasteiger partial charge in [0.2, 0.25) is 11.6 Å². The monoisotopic (exact) mass is 262 g/mol.